The number of benzene rings is 1. The van der Waals surface area contributed by atoms with Crippen LogP contribution in [0.2, 0.25) is 0 Å². The zero-order chi connectivity index (χ0) is 17.6. The van der Waals surface area contributed by atoms with Crippen LogP contribution in [0.1, 0.15) is 18.9 Å². The summed E-state index contributed by atoms with van der Waals surface area (Å²) >= 11 is 0. The molecule has 0 radical (unpaired) electrons. The molecule has 1 aliphatic heterocycles. The van der Waals surface area contributed by atoms with Crippen LogP contribution < -0.4 is 4.74 Å². The number of carbonyl (C=O) groups excluding carboxylic acids is 1. The summed E-state index contributed by atoms with van der Waals surface area (Å²) in [6.45, 7) is 2.30. The van der Waals surface area contributed by atoms with E-state index in [-0.39, 0.29) is 30.3 Å². The van der Waals surface area contributed by atoms with E-state index in [1.165, 1.54) is 0 Å². The molecular formula is C15H17NO7S. The Labute approximate surface area is 139 Å². The minimum Gasteiger partial charge on any atom is -0.494 e. The summed E-state index contributed by atoms with van der Waals surface area (Å²) in [6.07, 6.45) is 1.77. The summed E-state index contributed by atoms with van der Waals surface area (Å²) in [5.41, 5.74) is 0.959. The van der Waals surface area contributed by atoms with Gasteiger partial charge in [0.2, 0.25) is 0 Å². The van der Waals surface area contributed by atoms with E-state index in [2.05, 4.69) is 9.99 Å². The summed E-state index contributed by atoms with van der Waals surface area (Å²) in [7, 11) is -3.97. The molecule has 0 fully saturated rings. The second-order valence-electron chi connectivity index (χ2n) is 4.82. The summed E-state index contributed by atoms with van der Waals surface area (Å²) in [6, 6.07) is 6.80. The van der Waals surface area contributed by atoms with Gasteiger partial charge in [-0.3, -0.25) is 4.55 Å². The van der Waals surface area contributed by atoms with Gasteiger partial charge >= 0.3 is 5.97 Å². The van der Waals surface area contributed by atoms with Gasteiger partial charge in [0.25, 0.3) is 16.0 Å². The molecule has 0 aliphatic carbocycles. The van der Waals surface area contributed by atoms with E-state index in [1.54, 1.807) is 37.3 Å². The normalized spacial score (nSPS) is 16.0. The van der Waals surface area contributed by atoms with Gasteiger partial charge in [0.05, 0.1) is 19.0 Å². The monoisotopic (exact) mass is 355 g/mol. The molecule has 0 aromatic heterocycles. The molecule has 0 amide bonds. The van der Waals surface area contributed by atoms with Crippen molar-refractivity contribution in [1.82, 2.24) is 0 Å². The Hall–Kier alpha value is -2.39. The van der Waals surface area contributed by atoms with E-state index in [0.717, 1.165) is 5.56 Å². The molecule has 0 saturated heterocycles. The largest absolute Gasteiger partial charge is 0.494 e. The first-order valence-corrected chi connectivity index (χ1v) is 8.82. The van der Waals surface area contributed by atoms with E-state index in [9.17, 15) is 13.2 Å². The fourth-order valence-electron chi connectivity index (χ4n) is 1.89. The molecule has 1 N–H and O–H groups in total. The quantitative estimate of drug-likeness (QED) is 0.342. The Balaban J connectivity index is 1.95. The van der Waals surface area contributed by atoms with Gasteiger partial charge in [-0.15, -0.1) is 0 Å². The predicted molar refractivity (Wildman–Crippen MR) is 86.1 cm³/mol. The first-order valence-electron chi connectivity index (χ1n) is 7.21. The third-order valence-corrected chi connectivity index (χ3v) is 3.75. The molecule has 1 aromatic carbocycles. The van der Waals surface area contributed by atoms with Crippen LogP contribution in [0, 0.1) is 0 Å². The topological polar surface area (TPSA) is 111 Å². The number of nitrogens with zero attached hydrogens (tertiary/aromatic N) is 1. The van der Waals surface area contributed by atoms with Crippen molar-refractivity contribution in [3.05, 3.63) is 35.4 Å². The lowest BCUT2D eigenvalue weighted by atomic mass is 10.1. The fourth-order valence-corrected chi connectivity index (χ4v) is 2.37. The molecule has 130 valence electrons. The molecule has 0 unspecified atom stereocenters. The van der Waals surface area contributed by atoms with E-state index < -0.39 is 16.1 Å². The molecule has 0 atom stereocenters. The Kier molecular flexibility index (Phi) is 5.93. The zero-order valence-corrected chi connectivity index (χ0v) is 13.8. The van der Waals surface area contributed by atoms with E-state index >= 15 is 0 Å². The summed E-state index contributed by atoms with van der Waals surface area (Å²) in [5, 5.41) is 3.55. The second-order valence-corrected chi connectivity index (χ2v) is 6.40. The van der Waals surface area contributed by atoms with Crippen LogP contribution >= 0.6 is 0 Å². The number of hydrogen-bond donors (Lipinski definition) is 1. The van der Waals surface area contributed by atoms with Crippen molar-refractivity contribution in [3.63, 3.8) is 0 Å². The van der Waals surface area contributed by atoms with Crippen molar-refractivity contribution in [2.24, 2.45) is 5.16 Å². The highest BCUT2D eigenvalue weighted by molar-refractivity contribution is 7.85. The maximum Gasteiger partial charge on any atom is 0.371 e. The molecular weight excluding hydrogens is 338 g/mol. The van der Waals surface area contributed by atoms with Crippen LogP contribution in [0.5, 0.6) is 5.75 Å². The lowest BCUT2D eigenvalue weighted by molar-refractivity contribution is -0.136. The number of hydrogen-bond acceptors (Lipinski definition) is 7. The predicted octanol–water partition coefficient (Wildman–Crippen LogP) is 1.63. The number of ether oxygens (including phenoxy) is 2. The van der Waals surface area contributed by atoms with Crippen LogP contribution in [-0.4, -0.2) is 43.8 Å². The summed E-state index contributed by atoms with van der Waals surface area (Å²) < 4.78 is 40.4. The first kappa shape index (κ1) is 18.0. The Morgan fingerprint density at radius 3 is 2.58 bits per heavy atom. The number of oxime groups is 1. The smallest absolute Gasteiger partial charge is 0.371 e. The molecule has 1 aromatic rings. The molecule has 9 heteroatoms. The second kappa shape index (κ2) is 7.93. The third kappa shape index (κ3) is 5.36. The summed E-state index contributed by atoms with van der Waals surface area (Å²) in [5.74, 6) is -0.240. The van der Waals surface area contributed by atoms with Gasteiger partial charge < -0.3 is 14.3 Å². The average Bonchev–Trinajstić information content (AvgIpc) is 2.86. The van der Waals surface area contributed by atoms with Crippen molar-refractivity contribution in [1.29, 1.82) is 0 Å². The van der Waals surface area contributed by atoms with Crippen molar-refractivity contribution < 1.29 is 32.1 Å². The van der Waals surface area contributed by atoms with E-state index in [0.29, 0.717) is 12.4 Å². The Morgan fingerprint density at radius 1 is 1.25 bits per heavy atom. The molecule has 1 aliphatic rings. The highest BCUT2D eigenvalue weighted by Gasteiger charge is 2.26. The molecule has 0 spiro atoms. The highest BCUT2D eigenvalue weighted by Crippen LogP contribution is 2.19. The van der Waals surface area contributed by atoms with Crippen LogP contribution in [0.25, 0.3) is 6.08 Å². The maximum atomic E-state index is 11.6. The summed E-state index contributed by atoms with van der Waals surface area (Å²) in [4.78, 5) is 16.2. The van der Waals surface area contributed by atoms with Crippen molar-refractivity contribution in [2.75, 3.05) is 19.0 Å². The van der Waals surface area contributed by atoms with Crippen molar-refractivity contribution in [2.45, 2.75) is 13.3 Å². The molecule has 0 bridgehead atoms. The van der Waals surface area contributed by atoms with Crippen LogP contribution in [0.15, 0.2) is 35.0 Å². The van der Waals surface area contributed by atoms with E-state index in [4.69, 9.17) is 14.0 Å². The molecule has 24 heavy (non-hydrogen) atoms. The standard InChI is InChI=1S/C15H17NO7S/c1-2-21-14-13(15(17)23-16-14)10-11-4-6-12(7-5-11)22-8-3-9-24(18,19)20/h4-7,10H,2-3,8-9H2,1H3,(H,18,19,20)/b13-10-. The van der Waals surface area contributed by atoms with Gasteiger partial charge in [0.1, 0.15) is 11.3 Å². The van der Waals surface area contributed by atoms with E-state index in [1.807, 2.05) is 0 Å². The van der Waals surface area contributed by atoms with Crippen LogP contribution in [0.3, 0.4) is 0 Å². The third-order valence-electron chi connectivity index (χ3n) is 2.95. The first-order chi connectivity index (χ1) is 11.4. The van der Waals surface area contributed by atoms with Gasteiger partial charge in [-0.05, 0) is 42.3 Å². The minimum absolute atomic E-state index is 0.146. The van der Waals surface area contributed by atoms with Gasteiger partial charge in [-0.2, -0.15) is 8.42 Å². The molecule has 0 saturated carbocycles. The molecule has 2 rings (SSSR count). The van der Waals surface area contributed by atoms with Gasteiger partial charge in [-0.25, -0.2) is 4.79 Å². The lowest BCUT2D eigenvalue weighted by Gasteiger charge is -2.06. The van der Waals surface area contributed by atoms with Gasteiger partial charge in [0.15, 0.2) is 0 Å². The molecule has 1 heterocycles. The highest BCUT2D eigenvalue weighted by atomic mass is 32.2. The Morgan fingerprint density at radius 2 is 1.96 bits per heavy atom. The SMILES string of the molecule is CCOC1=NOC(=O)/C1=C\c1ccc(OCCCS(=O)(=O)O)cc1. The number of carbonyl (C=O) groups is 1. The van der Waals surface area contributed by atoms with Gasteiger partial charge in [-0.1, -0.05) is 12.1 Å². The van der Waals surface area contributed by atoms with Crippen molar-refractivity contribution >= 4 is 28.1 Å². The lowest BCUT2D eigenvalue weighted by Crippen LogP contribution is -2.09. The van der Waals surface area contributed by atoms with Crippen LogP contribution in [0.4, 0.5) is 0 Å². The zero-order valence-electron chi connectivity index (χ0n) is 13.0. The number of rotatable bonds is 7. The van der Waals surface area contributed by atoms with Gasteiger partial charge in [0, 0.05) is 0 Å². The maximum absolute atomic E-state index is 11.6. The molecule has 8 nitrogen and oxygen atoms in total. The minimum atomic E-state index is -3.97. The average molecular weight is 355 g/mol. The van der Waals surface area contributed by atoms with Crippen LogP contribution in [-0.2, 0) is 24.5 Å². The Bertz CT molecular complexity index is 751. The fraction of sp³-hybridized carbons (Fsp3) is 0.333. The van der Waals surface area contributed by atoms with Crippen molar-refractivity contribution in [3.8, 4) is 5.75 Å².